The maximum absolute atomic E-state index is 12.8. The molecule has 2 aromatic carbocycles. The molecule has 0 atom stereocenters. The molecular formula is C21H23N3O3S. The third kappa shape index (κ3) is 4.08. The average Bonchev–Trinajstić information content (AvgIpc) is 2.73. The van der Waals surface area contributed by atoms with Crippen LogP contribution < -0.4 is 4.90 Å². The van der Waals surface area contributed by atoms with Crippen LogP contribution in [-0.4, -0.2) is 38.8 Å². The molecule has 1 amide bonds. The van der Waals surface area contributed by atoms with Crippen molar-refractivity contribution in [2.45, 2.75) is 24.7 Å². The first-order valence-corrected chi connectivity index (χ1v) is 10.6. The van der Waals surface area contributed by atoms with Gasteiger partial charge in [-0.05, 0) is 50.1 Å². The van der Waals surface area contributed by atoms with E-state index in [0.717, 1.165) is 5.56 Å². The second-order valence-corrected chi connectivity index (χ2v) is 8.99. The van der Waals surface area contributed by atoms with Crippen LogP contribution in [0.1, 0.15) is 24.0 Å². The van der Waals surface area contributed by atoms with Crippen molar-refractivity contribution in [2.75, 3.05) is 25.0 Å². The first kappa shape index (κ1) is 20.1. The summed E-state index contributed by atoms with van der Waals surface area (Å²) >= 11 is 0. The number of piperidine rings is 1. The Kier molecular flexibility index (Phi) is 5.82. The number of carbonyl (C=O) groups excluding carboxylic acids is 1. The standard InChI is InChI=1S/C21H23N3O3S/c1-16-6-8-20(9-7-16)28(26,27)24-12-10-18(11-13-24)21(25)23(2)19-5-3-4-17(14-19)15-22/h3-9,14,18H,10-13H2,1-2H3. The lowest BCUT2D eigenvalue weighted by Gasteiger charge is -2.32. The summed E-state index contributed by atoms with van der Waals surface area (Å²) in [6.07, 6.45) is 0.957. The van der Waals surface area contributed by atoms with E-state index in [-0.39, 0.29) is 16.7 Å². The summed E-state index contributed by atoms with van der Waals surface area (Å²) in [7, 11) is -1.85. The van der Waals surface area contributed by atoms with Crippen LogP contribution >= 0.6 is 0 Å². The maximum atomic E-state index is 12.8. The molecule has 0 bridgehead atoms. The van der Waals surface area contributed by atoms with Crippen LogP contribution in [0.2, 0.25) is 0 Å². The van der Waals surface area contributed by atoms with Gasteiger partial charge in [-0.3, -0.25) is 4.79 Å². The summed E-state index contributed by atoms with van der Waals surface area (Å²) in [6.45, 7) is 2.55. The van der Waals surface area contributed by atoms with E-state index in [0.29, 0.717) is 37.2 Å². The Labute approximate surface area is 166 Å². The molecule has 3 rings (SSSR count). The van der Waals surface area contributed by atoms with Crippen LogP contribution in [0, 0.1) is 24.2 Å². The van der Waals surface area contributed by atoms with E-state index in [1.54, 1.807) is 60.5 Å². The van der Waals surface area contributed by atoms with Crippen LogP contribution in [0.4, 0.5) is 5.69 Å². The number of amides is 1. The van der Waals surface area contributed by atoms with Gasteiger partial charge in [0.1, 0.15) is 0 Å². The Morgan fingerprint density at radius 3 is 2.39 bits per heavy atom. The fraction of sp³-hybridized carbons (Fsp3) is 0.333. The zero-order valence-corrected chi connectivity index (χ0v) is 16.8. The molecule has 1 aliphatic rings. The Morgan fingerprint density at radius 1 is 1.14 bits per heavy atom. The molecule has 6 nitrogen and oxygen atoms in total. The van der Waals surface area contributed by atoms with Crippen molar-refractivity contribution in [2.24, 2.45) is 5.92 Å². The third-order valence-corrected chi connectivity index (χ3v) is 7.07. The Morgan fingerprint density at radius 2 is 1.79 bits per heavy atom. The second kappa shape index (κ2) is 8.13. The van der Waals surface area contributed by atoms with Crippen molar-refractivity contribution >= 4 is 21.6 Å². The first-order valence-electron chi connectivity index (χ1n) is 9.17. The molecule has 0 spiro atoms. The molecule has 0 saturated carbocycles. The summed E-state index contributed by atoms with van der Waals surface area (Å²) in [5, 5.41) is 9.03. The van der Waals surface area contributed by atoms with E-state index >= 15 is 0 Å². The number of hydrogen-bond acceptors (Lipinski definition) is 4. The number of carbonyl (C=O) groups is 1. The van der Waals surface area contributed by atoms with Crippen LogP contribution in [-0.2, 0) is 14.8 Å². The van der Waals surface area contributed by atoms with E-state index < -0.39 is 10.0 Å². The van der Waals surface area contributed by atoms with Gasteiger partial charge in [-0.2, -0.15) is 9.57 Å². The van der Waals surface area contributed by atoms with Crippen LogP contribution in [0.15, 0.2) is 53.4 Å². The number of nitriles is 1. The molecular weight excluding hydrogens is 374 g/mol. The molecule has 28 heavy (non-hydrogen) atoms. The largest absolute Gasteiger partial charge is 0.315 e. The minimum atomic E-state index is -3.54. The van der Waals surface area contributed by atoms with Gasteiger partial charge in [0, 0.05) is 31.7 Å². The summed E-state index contributed by atoms with van der Waals surface area (Å²) in [5.74, 6) is -0.289. The number of hydrogen-bond donors (Lipinski definition) is 0. The topological polar surface area (TPSA) is 81.5 Å². The van der Waals surface area contributed by atoms with Gasteiger partial charge in [0.2, 0.25) is 15.9 Å². The first-order chi connectivity index (χ1) is 13.3. The average molecular weight is 398 g/mol. The number of sulfonamides is 1. The zero-order valence-electron chi connectivity index (χ0n) is 16.0. The van der Waals surface area contributed by atoms with Gasteiger partial charge >= 0.3 is 0 Å². The Bertz CT molecular complexity index is 1000. The highest BCUT2D eigenvalue weighted by atomic mass is 32.2. The van der Waals surface area contributed by atoms with Crippen molar-refractivity contribution in [3.8, 4) is 6.07 Å². The number of rotatable bonds is 4. The van der Waals surface area contributed by atoms with Gasteiger partial charge in [-0.25, -0.2) is 8.42 Å². The number of nitrogens with zero attached hydrogens (tertiary/aromatic N) is 3. The summed E-state index contributed by atoms with van der Waals surface area (Å²) in [5.41, 5.74) is 2.17. The Hall–Kier alpha value is -2.69. The quantitative estimate of drug-likeness (QED) is 0.794. The maximum Gasteiger partial charge on any atom is 0.243 e. The number of aryl methyl sites for hydroxylation is 1. The third-order valence-electron chi connectivity index (χ3n) is 5.16. The highest BCUT2D eigenvalue weighted by Gasteiger charge is 2.33. The normalized spacial score (nSPS) is 15.8. The van der Waals surface area contributed by atoms with Gasteiger partial charge in [-0.1, -0.05) is 23.8 Å². The lowest BCUT2D eigenvalue weighted by Crippen LogP contribution is -2.43. The number of benzene rings is 2. The molecule has 1 heterocycles. The van der Waals surface area contributed by atoms with Crippen LogP contribution in [0.25, 0.3) is 0 Å². The fourth-order valence-electron chi connectivity index (χ4n) is 3.39. The van der Waals surface area contributed by atoms with Gasteiger partial charge in [0.25, 0.3) is 0 Å². The highest BCUT2D eigenvalue weighted by molar-refractivity contribution is 7.89. The molecule has 0 radical (unpaired) electrons. The van der Waals surface area contributed by atoms with Gasteiger partial charge < -0.3 is 4.90 Å². The molecule has 2 aromatic rings. The van der Waals surface area contributed by atoms with Gasteiger partial charge in [0.05, 0.1) is 16.5 Å². The molecule has 0 N–H and O–H groups in total. The van der Waals surface area contributed by atoms with Crippen LogP contribution in [0.5, 0.6) is 0 Å². The van der Waals surface area contributed by atoms with Crippen molar-refractivity contribution in [3.63, 3.8) is 0 Å². The van der Waals surface area contributed by atoms with Crippen LogP contribution in [0.3, 0.4) is 0 Å². The van der Waals surface area contributed by atoms with Crippen molar-refractivity contribution < 1.29 is 13.2 Å². The van der Waals surface area contributed by atoms with Gasteiger partial charge in [0.15, 0.2) is 0 Å². The molecule has 1 fully saturated rings. The predicted octanol–water partition coefficient (Wildman–Crippen LogP) is 2.93. The Balaban J connectivity index is 1.66. The molecule has 0 unspecified atom stereocenters. The monoisotopic (exact) mass is 397 g/mol. The summed E-state index contributed by atoms with van der Waals surface area (Å²) < 4.78 is 27.1. The fourth-order valence-corrected chi connectivity index (χ4v) is 4.86. The summed E-state index contributed by atoms with van der Waals surface area (Å²) in [4.78, 5) is 14.7. The molecule has 0 aliphatic carbocycles. The van der Waals surface area contributed by atoms with Crippen molar-refractivity contribution in [1.82, 2.24) is 4.31 Å². The zero-order chi connectivity index (χ0) is 20.3. The van der Waals surface area contributed by atoms with Crippen molar-refractivity contribution in [1.29, 1.82) is 5.26 Å². The van der Waals surface area contributed by atoms with E-state index in [1.165, 1.54) is 4.31 Å². The minimum absolute atomic E-state index is 0.0533. The molecule has 1 aliphatic heterocycles. The number of anilines is 1. The van der Waals surface area contributed by atoms with Crippen molar-refractivity contribution in [3.05, 3.63) is 59.7 Å². The van der Waals surface area contributed by atoms with E-state index in [4.69, 9.17) is 5.26 Å². The lowest BCUT2D eigenvalue weighted by atomic mass is 9.96. The smallest absolute Gasteiger partial charge is 0.243 e. The van der Waals surface area contributed by atoms with E-state index in [9.17, 15) is 13.2 Å². The van der Waals surface area contributed by atoms with E-state index in [2.05, 4.69) is 6.07 Å². The molecule has 1 saturated heterocycles. The SMILES string of the molecule is Cc1ccc(S(=O)(=O)N2CCC(C(=O)N(C)c3cccc(C#N)c3)CC2)cc1. The minimum Gasteiger partial charge on any atom is -0.315 e. The second-order valence-electron chi connectivity index (χ2n) is 7.05. The molecule has 7 heteroatoms. The lowest BCUT2D eigenvalue weighted by molar-refractivity contribution is -0.123. The molecule has 146 valence electrons. The van der Waals surface area contributed by atoms with E-state index in [1.807, 2.05) is 6.92 Å². The van der Waals surface area contributed by atoms with Gasteiger partial charge in [-0.15, -0.1) is 0 Å². The predicted molar refractivity (Wildman–Crippen MR) is 107 cm³/mol. The molecule has 0 aromatic heterocycles. The summed E-state index contributed by atoms with van der Waals surface area (Å²) in [6, 6.07) is 15.8. The highest BCUT2D eigenvalue weighted by Crippen LogP contribution is 2.26.